The predicted molar refractivity (Wildman–Crippen MR) is 96.7 cm³/mol. The minimum absolute atomic E-state index is 0.822. The summed E-state index contributed by atoms with van der Waals surface area (Å²) in [5.74, 6) is 0. The van der Waals surface area contributed by atoms with E-state index >= 15 is 0 Å². The Balaban J connectivity index is 4.11. The van der Waals surface area contributed by atoms with Gasteiger partial charge in [-0.25, -0.2) is 0 Å². The fourth-order valence-electron chi connectivity index (χ4n) is 2.55. The van der Waals surface area contributed by atoms with Gasteiger partial charge in [-0.2, -0.15) is 0 Å². The second kappa shape index (κ2) is 15.8. The number of unbranched alkanes of at least 4 members (excludes halogenated alkanes) is 2. The highest BCUT2D eigenvalue weighted by Gasteiger charge is 2.05. The van der Waals surface area contributed by atoms with Crippen molar-refractivity contribution in [3.63, 3.8) is 0 Å². The van der Waals surface area contributed by atoms with Crippen LogP contribution in [0.25, 0.3) is 0 Å². The molecular weight excluding hydrogens is 256 g/mol. The summed E-state index contributed by atoms with van der Waals surface area (Å²) in [6.07, 6.45) is 16.6. The Kier molecular flexibility index (Phi) is 15.3. The molecule has 0 aliphatic heterocycles. The van der Waals surface area contributed by atoms with E-state index < -0.39 is 0 Å². The van der Waals surface area contributed by atoms with Crippen molar-refractivity contribution >= 4 is 0 Å². The molecule has 0 aliphatic carbocycles. The molecule has 0 spiro atoms. The smallest absolute Gasteiger partial charge is 0.00186 e. The second-order valence-corrected chi connectivity index (χ2v) is 5.73. The Morgan fingerprint density at radius 2 is 1.67 bits per heavy atom. The summed E-state index contributed by atoms with van der Waals surface area (Å²) in [6, 6.07) is 0. The van der Waals surface area contributed by atoms with Crippen molar-refractivity contribution in [2.45, 2.75) is 72.1 Å². The SMILES string of the molecule is CCC=CCCCN(CCCCN)CC/C(=C\CC)CC. The van der Waals surface area contributed by atoms with E-state index in [4.69, 9.17) is 5.73 Å². The first-order valence-corrected chi connectivity index (χ1v) is 9.03. The van der Waals surface area contributed by atoms with E-state index in [2.05, 4.69) is 43.9 Å². The Morgan fingerprint density at radius 1 is 0.905 bits per heavy atom. The first kappa shape index (κ1) is 20.4. The van der Waals surface area contributed by atoms with Gasteiger partial charge in [0.2, 0.25) is 0 Å². The van der Waals surface area contributed by atoms with Gasteiger partial charge in [0.25, 0.3) is 0 Å². The van der Waals surface area contributed by atoms with Gasteiger partial charge in [-0.05, 0) is 71.0 Å². The third-order valence-electron chi connectivity index (χ3n) is 3.87. The van der Waals surface area contributed by atoms with Gasteiger partial charge in [0.1, 0.15) is 0 Å². The Bertz CT molecular complexity index is 269. The van der Waals surface area contributed by atoms with Gasteiger partial charge in [-0.3, -0.25) is 0 Å². The van der Waals surface area contributed by atoms with Crippen LogP contribution in [0.2, 0.25) is 0 Å². The molecule has 0 aromatic carbocycles. The lowest BCUT2D eigenvalue weighted by Gasteiger charge is -2.22. The quantitative estimate of drug-likeness (QED) is 0.364. The molecule has 2 N–H and O–H groups in total. The number of rotatable bonds is 14. The van der Waals surface area contributed by atoms with Crippen LogP contribution in [-0.4, -0.2) is 31.1 Å². The highest BCUT2D eigenvalue weighted by molar-refractivity contribution is 5.01. The summed E-state index contributed by atoms with van der Waals surface area (Å²) in [5, 5.41) is 0. The van der Waals surface area contributed by atoms with Crippen molar-refractivity contribution in [2.24, 2.45) is 5.73 Å². The highest BCUT2D eigenvalue weighted by atomic mass is 15.1. The fraction of sp³-hybridized carbons (Fsp3) is 0.789. The molecule has 0 rings (SSSR count). The van der Waals surface area contributed by atoms with Gasteiger partial charge in [-0.1, -0.05) is 44.6 Å². The maximum atomic E-state index is 5.62. The van der Waals surface area contributed by atoms with Gasteiger partial charge in [0.15, 0.2) is 0 Å². The van der Waals surface area contributed by atoms with E-state index in [1.54, 1.807) is 5.57 Å². The molecule has 2 heteroatoms. The van der Waals surface area contributed by atoms with Crippen LogP contribution in [0.3, 0.4) is 0 Å². The molecule has 0 aliphatic rings. The molecule has 0 saturated heterocycles. The molecule has 0 aromatic rings. The zero-order valence-corrected chi connectivity index (χ0v) is 14.7. The maximum absolute atomic E-state index is 5.62. The van der Waals surface area contributed by atoms with Crippen molar-refractivity contribution in [1.29, 1.82) is 0 Å². The van der Waals surface area contributed by atoms with Crippen LogP contribution in [-0.2, 0) is 0 Å². The lowest BCUT2D eigenvalue weighted by atomic mass is 10.1. The first-order valence-electron chi connectivity index (χ1n) is 9.03. The van der Waals surface area contributed by atoms with Crippen LogP contribution in [0.5, 0.6) is 0 Å². The summed E-state index contributed by atoms with van der Waals surface area (Å²) in [7, 11) is 0. The molecule has 0 bridgehead atoms. The number of nitrogens with zero attached hydrogens (tertiary/aromatic N) is 1. The lowest BCUT2D eigenvalue weighted by Crippen LogP contribution is -2.28. The summed E-state index contributed by atoms with van der Waals surface area (Å²) >= 11 is 0. The molecule has 0 saturated carbocycles. The molecule has 0 fully saturated rings. The zero-order chi connectivity index (χ0) is 15.8. The minimum Gasteiger partial charge on any atom is -0.330 e. The first-order chi connectivity index (χ1) is 10.3. The zero-order valence-electron chi connectivity index (χ0n) is 14.7. The largest absolute Gasteiger partial charge is 0.330 e. The molecular formula is C19H38N2. The topological polar surface area (TPSA) is 29.3 Å². The second-order valence-electron chi connectivity index (χ2n) is 5.73. The number of hydrogen-bond acceptors (Lipinski definition) is 2. The summed E-state index contributed by atoms with van der Waals surface area (Å²) < 4.78 is 0. The number of allylic oxidation sites excluding steroid dienone is 3. The molecule has 124 valence electrons. The van der Waals surface area contributed by atoms with E-state index in [0.29, 0.717) is 0 Å². The van der Waals surface area contributed by atoms with Crippen molar-refractivity contribution in [3.8, 4) is 0 Å². The summed E-state index contributed by atoms with van der Waals surface area (Å²) in [4.78, 5) is 2.63. The Hall–Kier alpha value is -0.600. The highest BCUT2D eigenvalue weighted by Crippen LogP contribution is 2.10. The third kappa shape index (κ3) is 12.8. The van der Waals surface area contributed by atoms with Crippen molar-refractivity contribution in [3.05, 3.63) is 23.8 Å². The van der Waals surface area contributed by atoms with Crippen LogP contribution >= 0.6 is 0 Å². The monoisotopic (exact) mass is 294 g/mol. The standard InChI is InChI=1S/C19H38N2/c1-4-7-8-9-11-16-21(17-12-10-15-20)18-14-19(6-3)13-5-2/h7-8,13H,4-6,9-12,14-18,20H2,1-3H3/b8-7?,19-13-. The van der Waals surface area contributed by atoms with Gasteiger partial charge in [-0.15, -0.1) is 0 Å². The van der Waals surface area contributed by atoms with Crippen molar-refractivity contribution in [1.82, 2.24) is 4.90 Å². The molecule has 0 radical (unpaired) electrons. The number of hydrogen-bond donors (Lipinski definition) is 1. The lowest BCUT2D eigenvalue weighted by molar-refractivity contribution is 0.268. The van der Waals surface area contributed by atoms with E-state index in [0.717, 1.165) is 25.8 Å². The molecule has 0 atom stereocenters. The summed E-state index contributed by atoms with van der Waals surface area (Å²) in [5.41, 5.74) is 7.23. The van der Waals surface area contributed by atoms with Crippen LogP contribution in [0.15, 0.2) is 23.8 Å². The van der Waals surface area contributed by atoms with Gasteiger partial charge >= 0.3 is 0 Å². The molecule has 0 unspecified atom stereocenters. The van der Waals surface area contributed by atoms with Crippen LogP contribution in [0, 0.1) is 0 Å². The van der Waals surface area contributed by atoms with E-state index in [-0.39, 0.29) is 0 Å². The Morgan fingerprint density at radius 3 is 2.29 bits per heavy atom. The molecule has 0 aromatic heterocycles. The minimum atomic E-state index is 0.822. The van der Waals surface area contributed by atoms with Gasteiger partial charge in [0, 0.05) is 6.54 Å². The average molecular weight is 295 g/mol. The third-order valence-corrected chi connectivity index (χ3v) is 3.87. The van der Waals surface area contributed by atoms with Gasteiger partial charge < -0.3 is 10.6 Å². The van der Waals surface area contributed by atoms with E-state index in [1.165, 1.54) is 51.7 Å². The summed E-state index contributed by atoms with van der Waals surface area (Å²) in [6.45, 7) is 11.2. The molecule has 0 heterocycles. The van der Waals surface area contributed by atoms with Crippen LogP contribution in [0.4, 0.5) is 0 Å². The normalized spacial score (nSPS) is 12.7. The number of nitrogens with two attached hydrogens (primary N) is 1. The van der Waals surface area contributed by atoms with Crippen molar-refractivity contribution < 1.29 is 0 Å². The molecule has 21 heavy (non-hydrogen) atoms. The van der Waals surface area contributed by atoms with Crippen LogP contribution < -0.4 is 5.73 Å². The fourth-order valence-corrected chi connectivity index (χ4v) is 2.55. The van der Waals surface area contributed by atoms with E-state index in [9.17, 15) is 0 Å². The molecule has 2 nitrogen and oxygen atoms in total. The molecule has 0 amide bonds. The van der Waals surface area contributed by atoms with Gasteiger partial charge in [0.05, 0.1) is 0 Å². The average Bonchev–Trinajstić information content (AvgIpc) is 2.50. The van der Waals surface area contributed by atoms with Crippen molar-refractivity contribution in [2.75, 3.05) is 26.2 Å². The Labute approximate surface area is 133 Å². The van der Waals surface area contributed by atoms with Crippen LogP contribution in [0.1, 0.15) is 72.1 Å². The maximum Gasteiger partial charge on any atom is 0.00186 e. The van der Waals surface area contributed by atoms with E-state index in [1.807, 2.05) is 0 Å². The predicted octanol–water partition coefficient (Wildman–Crippen LogP) is 4.91.